The number of carbonyl (C=O) groups excluding carboxylic acids is 1. The van der Waals surface area contributed by atoms with Crippen LogP contribution in [0.3, 0.4) is 0 Å². The first-order valence-electron chi connectivity index (χ1n) is 7.03. The molecule has 1 amide bonds. The van der Waals surface area contributed by atoms with E-state index in [-0.39, 0.29) is 18.1 Å². The Morgan fingerprint density at radius 1 is 1.35 bits per heavy atom. The minimum atomic E-state index is 0.00139. The van der Waals surface area contributed by atoms with Gasteiger partial charge in [-0.25, -0.2) is 0 Å². The number of hydrogen-bond acceptors (Lipinski definition) is 2. The van der Waals surface area contributed by atoms with Gasteiger partial charge in [0.15, 0.2) is 0 Å². The molecule has 0 bridgehead atoms. The molecule has 1 saturated carbocycles. The van der Waals surface area contributed by atoms with Gasteiger partial charge in [-0.15, -0.1) is 0 Å². The monoisotopic (exact) mass is 316 g/mol. The third-order valence-electron chi connectivity index (χ3n) is 4.33. The maximum absolute atomic E-state index is 12.8. The van der Waals surface area contributed by atoms with E-state index >= 15 is 0 Å². The number of morpholine rings is 1. The van der Waals surface area contributed by atoms with Crippen LogP contribution in [0, 0.1) is 0 Å². The Kier molecular flexibility index (Phi) is 3.98. The molecule has 0 aromatic carbocycles. The van der Waals surface area contributed by atoms with Gasteiger partial charge < -0.3 is 14.2 Å². The van der Waals surface area contributed by atoms with Crippen molar-refractivity contribution < 1.29 is 9.53 Å². The highest BCUT2D eigenvalue weighted by atomic mass is 35.5. The van der Waals surface area contributed by atoms with Crippen LogP contribution in [0.2, 0.25) is 10.2 Å². The van der Waals surface area contributed by atoms with Crippen LogP contribution in [0.4, 0.5) is 0 Å². The van der Waals surface area contributed by atoms with Gasteiger partial charge >= 0.3 is 0 Å². The van der Waals surface area contributed by atoms with E-state index < -0.39 is 0 Å². The molecule has 1 aliphatic carbocycles. The Bertz CT molecular complexity index is 527. The normalized spacial score (nSPS) is 26.4. The fourth-order valence-corrected chi connectivity index (χ4v) is 3.62. The molecule has 4 nitrogen and oxygen atoms in total. The predicted molar refractivity (Wildman–Crippen MR) is 78.5 cm³/mol. The number of amides is 1. The predicted octanol–water partition coefficient (Wildman–Crippen LogP) is 3.12. The first-order chi connectivity index (χ1) is 9.59. The Morgan fingerprint density at radius 2 is 2.10 bits per heavy atom. The molecular weight excluding hydrogens is 299 g/mol. The van der Waals surface area contributed by atoms with Crippen molar-refractivity contribution in [3.05, 3.63) is 21.9 Å². The van der Waals surface area contributed by atoms with Gasteiger partial charge in [-0.3, -0.25) is 4.79 Å². The van der Waals surface area contributed by atoms with Crippen molar-refractivity contribution in [2.75, 3.05) is 13.2 Å². The van der Waals surface area contributed by atoms with Gasteiger partial charge in [-0.2, -0.15) is 0 Å². The topological polar surface area (TPSA) is 34.5 Å². The summed E-state index contributed by atoms with van der Waals surface area (Å²) in [6.07, 6.45) is 4.59. The number of fused-ring (bicyclic) bond motifs is 1. The summed E-state index contributed by atoms with van der Waals surface area (Å²) in [4.78, 5) is 14.7. The number of nitrogens with zero attached hydrogens (tertiary/aromatic N) is 2. The van der Waals surface area contributed by atoms with Crippen molar-refractivity contribution >= 4 is 29.1 Å². The van der Waals surface area contributed by atoms with E-state index in [4.69, 9.17) is 27.9 Å². The molecule has 0 spiro atoms. The van der Waals surface area contributed by atoms with Gasteiger partial charge in [0.05, 0.1) is 23.8 Å². The van der Waals surface area contributed by atoms with Gasteiger partial charge in [0.25, 0.3) is 5.91 Å². The molecule has 1 aromatic rings. The second kappa shape index (κ2) is 5.58. The van der Waals surface area contributed by atoms with Crippen LogP contribution in [0.25, 0.3) is 0 Å². The molecule has 1 aromatic heterocycles. The second-order valence-electron chi connectivity index (χ2n) is 5.49. The van der Waals surface area contributed by atoms with Gasteiger partial charge in [-0.05, 0) is 18.9 Å². The van der Waals surface area contributed by atoms with Crippen molar-refractivity contribution in [3.63, 3.8) is 0 Å². The average molecular weight is 317 g/mol. The van der Waals surface area contributed by atoms with Gasteiger partial charge in [0.2, 0.25) is 0 Å². The molecule has 2 atom stereocenters. The van der Waals surface area contributed by atoms with E-state index in [0.717, 1.165) is 19.3 Å². The molecule has 1 saturated heterocycles. The van der Waals surface area contributed by atoms with Crippen LogP contribution in [0.5, 0.6) is 0 Å². The molecular formula is C14H18Cl2N2O2. The van der Waals surface area contributed by atoms with E-state index in [2.05, 4.69) is 0 Å². The molecule has 2 unspecified atom stereocenters. The number of halogens is 2. The second-order valence-corrected chi connectivity index (χ2v) is 6.25. The first kappa shape index (κ1) is 14.2. The summed E-state index contributed by atoms with van der Waals surface area (Å²) < 4.78 is 7.46. The van der Waals surface area contributed by atoms with Crippen molar-refractivity contribution in [1.82, 2.24) is 9.47 Å². The van der Waals surface area contributed by atoms with E-state index in [1.165, 1.54) is 6.42 Å². The van der Waals surface area contributed by atoms with Crippen LogP contribution in [0.15, 0.2) is 6.07 Å². The summed E-state index contributed by atoms with van der Waals surface area (Å²) in [6, 6.07) is 1.84. The zero-order valence-electron chi connectivity index (χ0n) is 11.4. The van der Waals surface area contributed by atoms with Gasteiger partial charge in [-0.1, -0.05) is 36.0 Å². The van der Waals surface area contributed by atoms with E-state index in [0.29, 0.717) is 29.0 Å². The van der Waals surface area contributed by atoms with Crippen molar-refractivity contribution in [3.8, 4) is 0 Å². The highest BCUT2D eigenvalue weighted by molar-refractivity contribution is 6.41. The van der Waals surface area contributed by atoms with Crippen molar-refractivity contribution in [1.29, 1.82) is 0 Å². The molecule has 2 fully saturated rings. The summed E-state index contributed by atoms with van der Waals surface area (Å²) in [5.74, 6) is 0.00139. The van der Waals surface area contributed by atoms with Crippen LogP contribution in [0.1, 0.15) is 36.2 Å². The number of ether oxygens (including phenoxy) is 1. The Morgan fingerprint density at radius 3 is 2.80 bits per heavy atom. The lowest BCUT2D eigenvalue weighted by Gasteiger charge is -2.43. The minimum Gasteiger partial charge on any atom is -0.374 e. The Labute approximate surface area is 128 Å². The fourth-order valence-electron chi connectivity index (χ4n) is 3.24. The largest absolute Gasteiger partial charge is 0.374 e. The average Bonchev–Trinajstić information content (AvgIpc) is 2.73. The summed E-state index contributed by atoms with van der Waals surface area (Å²) in [5.41, 5.74) is 0.547. The molecule has 110 valence electrons. The molecule has 3 rings (SSSR count). The van der Waals surface area contributed by atoms with Crippen LogP contribution in [-0.4, -0.2) is 40.7 Å². The molecule has 20 heavy (non-hydrogen) atoms. The van der Waals surface area contributed by atoms with E-state index in [9.17, 15) is 4.79 Å². The third kappa shape index (κ3) is 2.34. The van der Waals surface area contributed by atoms with Crippen LogP contribution in [-0.2, 0) is 11.8 Å². The highest BCUT2D eigenvalue weighted by Crippen LogP contribution is 2.31. The quantitative estimate of drug-likeness (QED) is 0.797. The number of rotatable bonds is 1. The van der Waals surface area contributed by atoms with Crippen molar-refractivity contribution in [2.24, 2.45) is 7.05 Å². The molecule has 2 heterocycles. The third-order valence-corrected chi connectivity index (χ3v) is 5.17. The summed E-state index contributed by atoms with van der Waals surface area (Å²) in [7, 11) is 1.76. The van der Waals surface area contributed by atoms with Gasteiger partial charge in [0, 0.05) is 13.6 Å². The Hall–Kier alpha value is -0.710. The maximum Gasteiger partial charge on any atom is 0.270 e. The lowest BCUT2D eigenvalue weighted by Crippen LogP contribution is -2.55. The lowest BCUT2D eigenvalue weighted by molar-refractivity contribution is -0.0755. The number of carbonyl (C=O) groups is 1. The summed E-state index contributed by atoms with van der Waals surface area (Å²) >= 11 is 12.1. The van der Waals surface area contributed by atoms with E-state index in [1.807, 2.05) is 4.90 Å². The van der Waals surface area contributed by atoms with Crippen LogP contribution < -0.4 is 0 Å². The minimum absolute atomic E-state index is 0.00139. The van der Waals surface area contributed by atoms with Gasteiger partial charge in [0.1, 0.15) is 10.8 Å². The molecule has 2 aliphatic rings. The fraction of sp³-hybridized carbons (Fsp3) is 0.643. The first-order valence-corrected chi connectivity index (χ1v) is 7.78. The smallest absolute Gasteiger partial charge is 0.270 e. The SMILES string of the molecule is Cn1c(C(=O)N2CCOC3CCCCC32)cc(Cl)c1Cl. The molecule has 0 N–H and O–H groups in total. The lowest BCUT2D eigenvalue weighted by atomic mass is 9.90. The molecule has 6 heteroatoms. The maximum atomic E-state index is 12.8. The highest BCUT2D eigenvalue weighted by Gasteiger charge is 2.37. The zero-order chi connectivity index (χ0) is 14.3. The molecule has 1 aliphatic heterocycles. The number of aromatic nitrogens is 1. The zero-order valence-corrected chi connectivity index (χ0v) is 13.0. The summed E-state index contributed by atoms with van der Waals surface area (Å²) in [5, 5.41) is 0.828. The standard InChI is InChI=1S/C14H18Cl2N2O2/c1-17-11(8-9(15)13(17)16)14(19)18-6-7-20-12-5-3-2-4-10(12)18/h8,10,12H,2-7H2,1H3. The van der Waals surface area contributed by atoms with Crippen molar-refractivity contribution in [2.45, 2.75) is 37.8 Å². The number of hydrogen-bond donors (Lipinski definition) is 0. The Balaban J connectivity index is 1.87. The van der Waals surface area contributed by atoms with E-state index in [1.54, 1.807) is 17.7 Å². The van der Waals surface area contributed by atoms with Crippen LogP contribution >= 0.6 is 23.2 Å². The summed E-state index contributed by atoms with van der Waals surface area (Å²) in [6.45, 7) is 1.25. The molecule has 0 radical (unpaired) electrons.